The highest BCUT2D eigenvalue weighted by atomic mass is 16.5. The lowest BCUT2D eigenvalue weighted by atomic mass is 10.0. The van der Waals surface area contributed by atoms with Crippen molar-refractivity contribution in [3.05, 3.63) is 59.9 Å². The molecule has 6 heteroatoms. The van der Waals surface area contributed by atoms with Crippen LogP contribution in [0.1, 0.15) is 23.5 Å². The second kappa shape index (κ2) is 7.92. The Hall–Kier alpha value is -3.02. The van der Waals surface area contributed by atoms with Gasteiger partial charge in [0.15, 0.2) is 5.96 Å². The third-order valence-electron chi connectivity index (χ3n) is 5.46. The van der Waals surface area contributed by atoms with Crippen LogP contribution in [0.3, 0.4) is 0 Å². The second-order valence-electron chi connectivity index (χ2n) is 7.33. The Balaban J connectivity index is 1.40. The van der Waals surface area contributed by atoms with Crippen molar-refractivity contribution in [3.8, 4) is 5.75 Å². The van der Waals surface area contributed by atoms with Crippen molar-refractivity contribution < 1.29 is 4.74 Å². The summed E-state index contributed by atoms with van der Waals surface area (Å²) in [5.74, 6) is 2.36. The molecule has 0 spiro atoms. The zero-order valence-corrected chi connectivity index (χ0v) is 16.7. The average Bonchev–Trinajstić information content (AvgIpc) is 3.37. The number of hydrogen-bond donors (Lipinski definition) is 1. The standard InChI is InChI=1S/C22H27N5O/c1-23-22(27-9-8-19(15-27)20-13-25-26(2)14-20)24-12-16-4-5-18-11-21(28-3)7-6-17(18)10-16/h4-7,10-11,13-14,19H,8-9,12,15H2,1-3H3,(H,23,24). The lowest BCUT2D eigenvalue weighted by Gasteiger charge is -2.21. The number of aryl methyl sites for hydroxylation is 1. The fraction of sp³-hybridized carbons (Fsp3) is 0.364. The molecule has 1 aromatic heterocycles. The fourth-order valence-corrected chi connectivity index (χ4v) is 3.90. The lowest BCUT2D eigenvalue weighted by molar-refractivity contribution is 0.415. The normalized spacial score (nSPS) is 17.3. The molecule has 1 N–H and O–H groups in total. The van der Waals surface area contributed by atoms with Gasteiger partial charge in [0.05, 0.1) is 13.3 Å². The van der Waals surface area contributed by atoms with Gasteiger partial charge in [0.25, 0.3) is 0 Å². The number of fused-ring (bicyclic) bond motifs is 1. The molecule has 1 saturated heterocycles. The summed E-state index contributed by atoms with van der Waals surface area (Å²) in [6.07, 6.45) is 5.23. The predicted octanol–water partition coefficient (Wildman–Crippen LogP) is 3.15. The summed E-state index contributed by atoms with van der Waals surface area (Å²) in [5, 5.41) is 10.2. The summed E-state index contributed by atoms with van der Waals surface area (Å²) in [5.41, 5.74) is 2.55. The number of methoxy groups -OCH3 is 1. The summed E-state index contributed by atoms with van der Waals surface area (Å²) in [6.45, 7) is 2.74. The molecule has 2 heterocycles. The van der Waals surface area contributed by atoms with E-state index in [9.17, 15) is 0 Å². The Bertz CT molecular complexity index is 994. The molecule has 4 rings (SSSR count). The van der Waals surface area contributed by atoms with Crippen LogP contribution in [-0.2, 0) is 13.6 Å². The first kappa shape index (κ1) is 18.3. The third kappa shape index (κ3) is 3.81. The van der Waals surface area contributed by atoms with Crippen molar-refractivity contribution in [2.24, 2.45) is 12.0 Å². The van der Waals surface area contributed by atoms with Crippen LogP contribution in [0.5, 0.6) is 5.75 Å². The van der Waals surface area contributed by atoms with E-state index >= 15 is 0 Å². The van der Waals surface area contributed by atoms with Gasteiger partial charge in [0, 0.05) is 45.8 Å². The third-order valence-corrected chi connectivity index (χ3v) is 5.46. The zero-order valence-electron chi connectivity index (χ0n) is 16.7. The predicted molar refractivity (Wildman–Crippen MR) is 113 cm³/mol. The Morgan fingerprint density at radius 1 is 1.25 bits per heavy atom. The largest absolute Gasteiger partial charge is 0.497 e. The number of guanidine groups is 1. The second-order valence-corrected chi connectivity index (χ2v) is 7.33. The fourth-order valence-electron chi connectivity index (χ4n) is 3.90. The number of aromatic nitrogens is 2. The smallest absolute Gasteiger partial charge is 0.193 e. The molecule has 0 saturated carbocycles. The molecule has 1 aliphatic heterocycles. The Kier molecular flexibility index (Phi) is 5.19. The SMILES string of the molecule is CN=C(NCc1ccc2cc(OC)ccc2c1)N1CCC(c2cnn(C)c2)C1. The molecule has 6 nitrogen and oxygen atoms in total. The number of aliphatic imine (C=N–C) groups is 1. The monoisotopic (exact) mass is 377 g/mol. The lowest BCUT2D eigenvalue weighted by Crippen LogP contribution is -2.39. The molecule has 1 fully saturated rings. The van der Waals surface area contributed by atoms with E-state index in [0.717, 1.165) is 37.8 Å². The van der Waals surface area contributed by atoms with E-state index in [-0.39, 0.29) is 0 Å². The van der Waals surface area contributed by atoms with E-state index in [0.29, 0.717) is 5.92 Å². The van der Waals surface area contributed by atoms with E-state index in [2.05, 4.69) is 56.8 Å². The first-order chi connectivity index (χ1) is 13.7. The molecule has 1 atom stereocenters. The Labute approximate surface area is 165 Å². The van der Waals surface area contributed by atoms with Crippen LogP contribution >= 0.6 is 0 Å². The van der Waals surface area contributed by atoms with Crippen LogP contribution in [0.4, 0.5) is 0 Å². The van der Waals surface area contributed by atoms with Gasteiger partial charge in [-0.05, 0) is 46.5 Å². The molecule has 28 heavy (non-hydrogen) atoms. The van der Waals surface area contributed by atoms with Gasteiger partial charge < -0.3 is 15.0 Å². The van der Waals surface area contributed by atoms with E-state index in [4.69, 9.17) is 4.74 Å². The molecule has 0 aliphatic carbocycles. The van der Waals surface area contributed by atoms with Crippen molar-refractivity contribution >= 4 is 16.7 Å². The summed E-state index contributed by atoms with van der Waals surface area (Å²) < 4.78 is 7.18. The van der Waals surface area contributed by atoms with Gasteiger partial charge in [0.1, 0.15) is 5.75 Å². The molecule has 0 radical (unpaired) electrons. The highest BCUT2D eigenvalue weighted by molar-refractivity contribution is 5.85. The van der Waals surface area contributed by atoms with Crippen molar-refractivity contribution in [2.75, 3.05) is 27.2 Å². The van der Waals surface area contributed by atoms with E-state index in [1.807, 2.05) is 31.0 Å². The number of benzene rings is 2. The molecule has 3 aromatic rings. The van der Waals surface area contributed by atoms with Crippen molar-refractivity contribution in [1.82, 2.24) is 20.0 Å². The minimum absolute atomic E-state index is 0.517. The van der Waals surface area contributed by atoms with Crippen LogP contribution < -0.4 is 10.1 Å². The molecule has 146 valence electrons. The van der Waals surface area contributed by atoms with Crippen LogP contribution in [0.2, 0.25) is 0 Å². The summed E-state index contributed by atoms with van der Waals surface area (Å²) >= 11 is 0. The summed E-state index contributed by atoms with van der Waals surface area (Å²) in [4.78, 5) is 6.83. The van der Waals surface area contributed by atoms with Gasteiger partial charge in [-0.15, -0.1) is 0 Å². The Morgan fingerprint density at radius 3 is 2.82 bits per heavy atom. The average molecular weight is 377 g/mol. The number of nitrogens with zero attached hydrogens (tertiary/aromatic N) is 4. The van der Waals surface area contributed by atoms with Crippen molar-refractivity contribution in [2.45, 2.75) is 18.9 Å². The Morgan fingerprint density at radius 2 is 2.07 bits per heavy atom. The minimum atomic E-state index is 0.517. The molecule has 0 amide bonds. The van der Waals surface area contributed by atoms with Gasteiger partial charge in [-0.1, -0.05) is 18.2 Å². The molecular weight excluding hydrogens is 350 g/mol. The molecule has 0 bridgehead atoms. The molecule has 2 aromatic carbocycles. The summed E-state index contributed by atoms with van der Waals surface area (Å²) in [7, 11) is 5.52. The maximum absolute atomic E-state index is 5.31. The number of rotatable bonds is 4. The van der Waals surface area contributed by atoms with E-state index in [1.165, 1.54) is 21.9 Å². The van der Waals surface area contributed by atoms with Gasteiger partial charge in [-0.2, -0.15) is 5.10 Å². The molecule has 1 aliphatic rings. The van der Waals surface area contributed by atoms with E-state index in [1.54, 1.807) is 7.11 Å². The van der Waals surface area contributed by atoms with Crippen molar-refractivity contribution in [3.63, 3.8) is 0 Å². The van der Waals surface area contributed by atoms with Crippen molar-refractivity contribution in [1.29, 1.82) is 0 Å². The van der Waals surface area contributed by atoms with Crippen LogP contribution in [0, 0.1) is 0 Å². The number of ether oxygens (including phenoxy) is 1. The molecular formula is C22H27N5O. The summed E-state index contributed by atoms with van der Waals surface area (Å²) in [6, 6.07) is 12.7. The first-order valence-electron chi connectivity index (χ1n) is 9.67. The van der Waals surface area contributed by atoms with E-state index < -0.39 is 0 Å². The number of hydrogen-bond acceptors (Lipinski definition) is 3. The highest BCUT2D eigenvalue weighted by Crippen LogP contribution is 2.27. The van der Waals surface area contributed by atoms with Crippen LogP contribution in [0.25, 0.3) is 10.8 Å². The minimum Gasteiger partial charge on any atom is -0.497 e. The topological polar surface area (TPSA) is 54.7 Å². The zero-order chi connectivity index (χ0) is 19.5. The highest BCUT2D eigenvalue weighted by Gasteiger charge is 2.26. The maximum atomic E-state index is 5.31. The number of nitrogens with one attached hydrogen (secondary N) is 1. The molecule has 1 unspecified atom stereocenters. The van der Waals surface area contributed by atoms with Gasteiger partial charge in [0.2, 0.25) is 0 Å². The number of likely N-dealkylation sites (tertiary alicyclic amines) is 1. The van der Waals surface area contributed by atoms with Crippen LogP contribution in [-0.4, -0.2) is 47.9 Å². The first-order valence-corrected chi connectivity index (χ1v) is 9.67. The quantitative estimate of drug-likeness (QED) is 0.561. The maximum Gasteiger partial charge on any atom is 0.193 e. The van der Waals surface area contributed by atoms with Gasteiger partial charge in [-0.3, -0.25) is 9.67 Å². The van der Waals surface area contributed by atoms with Gasteiger partial charge >= 0.3 is 0 Å². The van der Waals surface area contributed by atoms with Crippen LogP contribution in [0.15, 0.2) is 53.8 Å². The van der Waals surface area contributed by atoms with Gasteiger partial charge in [-0.25, -0.2) is 0 Å².